The van der Waals surface area contributed by atoms with Gasteiger partial charge in [0, 0.05) is 0 Å². The first-order valence-electron chi connectivity index (χ1n) is 5.36. The Morgan fingerprint density at radius 2 is 1.44 bits per heavy atom. The van der Waals surface area contributed by atoms with Crippen molar-refractivity contribution < 1.29 is 12.6 Å². The van der Waals surface area contributed by atoms with Crippen LogP contribution >= 0.6 is 0 Å². The molecule has 0 atom stereocenters. The molecule has 0 fully saturated rings. The van der Waals surface area contributed by atoms with Gasteiger partial charge in [0.1, 0.15) is 0 Å². The predicted octanol–water partition coefficient (Wildman–Crippen LogP) is 2.07. The molecule has 0 unspecified atom stereocenters. The molecule has 0 saturated carbocycles. The zero-order valence-corrected chi connectivity index (χ0v) is 10.4. The minimum atomic E-state index is -3.88. The Balaban J connectivity index is 2.11. The van der Waals surface area contributed by atoms with Crippen molar-refractivity contribution in [2.24, 2.45) is 5.14 Å². The van der Waals surface area contributed by atoms with E-state index in [4.69, 9.17) is 5.14 Å². The molecular weight excluding hydrogens is 250 g/mol. The molecule has 4 nitrogen and oxygen atoms in total. The summed E-state index contributed by atoms with van der Waals surface area (Å²) in [5, 5.41) is 4.75. The Kier molecular flexibility index (Phi) is 3.76. The number of benzene rings is 2. The summed E-state index contributed by atoms with van der Waals surface area (Å²) in [4.78, 5) is 0. The highest BCUT2D eigenvalue weighted by atomic mass is 32.2. The largest absolute Gasteiger partial charge is 0.333 e. The molecule has 0 aliphatic heterocycles. The van der Waals surface area contributed by atoms with Crippen molar-refractivity contribution in [3.05, 3.63) is 60.2 Å². The third-order valence-electron chi connectivity index (χ3n) is 2.45. The van der Waals surface area contributed by atoms with Crippen LogP contribution in [0.3, 0.4) is 0 Å². The van der Waals surface area contributed by atoms with Crippen molar-refractivity contribution in [2.75, 3.05) is 0 Å². The molecule has 0 heterocycles. The van der Waals surface area contributed by atoms with E-state index in [0.717, 1.165) is 16.7 Å². The first-order chi connectivity index (χ1) is 8.54. The summed E-state index contributed by atoms with van der Waals surface area (Å²) >= 11 is 0. The van der Waals surface area contributed by atoms with Crippen molar-refractivity contribution in [1.29, 1.82) is 0 Å². The molecule has 0 radical (unpaired) electrons. The van der Waals surface area contributed by atoms with E-state index < -0.39 is 10.3 Å². The van der Waals surface area contributed by atoms with Gasteiger partial charge in [0.15, 0.2) is 0 Å². The number of rotatable bonds is 4. The number of hydrogen-bond donors (Lipinski definition) is 1. The molecule has 0 amide bonds. The fraction of sp³-hybridized carbons (Fsp3) is 0.0769. The second kappa shape index (κ2) is 5.30. The summed E-state index contributed by atoms with van der Waals surface area (Å²) in [6.07, 6.45) is 0. The zero-order valence-electron chi connectivity index (χ0n) is 9.61. The molecule has 0 bridgehead atoms. The smallest absolute Gasteiger partial charge is 0.253 e. The molecule has 2 aromatic rings. The van der Waals surface area contributed by atoms with E-state index in [1.54, 1.807) is 0 Å². The van der Waals surface area contributed by atoms with Gasteiger partial charge < -0.3 is 0 Å². The summed E-state index contributed by atoms with van der Waals surface area (Å²) in [5.74, 6) is 0. The minimum Gasteiger partial charge on any atom is -0.253 e. The first-order valence-corrected chi connectivity index (χ1v) is 6.83. The van der Waals surface area contributed by atoms with Crippen LogP contribution in [0.2, 0.25) is 0 Å². The van der Waals surface area contributed by atoms with E-state index in [-0.39, 0.29) is 6.61 Å². The quantitative estimate of drug-likeness (QED) is 0.918. The molecule has 0 aromatic heterocycles. The molecule has 2 N–H and O–H groups in total. The van der Waals surface area contributed by atoms with Gasteiger partial charge in [0.25, 0.3) is 0 Å². The Hall–Kier alpha value is -1.69. The maximum Gasteiger partial charge on any atom is 0.333 e. The molecule has 94 valence electrons. The van der Waals surface area contributed by atoms with Crippen molar-refractivity contribution in [2.45, 2.75) is 6.61 Å². The SMILES string of the molecule is NS(=O)(=O)OCc1ccc(-c2ccccc2)cc1. The van der Waals surface area contributed by atoms with Gasteiger partial charge >= 0.3 is 10.3 Å². The van der Waals surface area contributed by atoms with Gasteiger partial charge in [-0.3, -0.25) is 4.18 Å². The topological polar surface area (TPSA) is 69.4 Å². The number of hydrogen-bond acceptors (Lipinski definition) is 3. The monoisotopic (exact) mass is 263 g/mol. The summed E-state index contributed by atoms with van der Waals surface area (Å²) in [6, 6.07) is 17.4. The van der Waals surface area contributed by atoms with E-state index >= 15 is 0 Å². The van der Waals surface area contributed by atoms with E-state index in [1.165, 1.54) is 0 Å². The lowest BCUT2D eigenvalue weighted by molar-refractivity contribution is 0.308. The van der Waals surface area contributed by atoms with Crippen LogP contribution < -0.4 is 5.14 Å². The maximum atomic E-state index is 10.6. The standard InChI is InChI=1S/C13H13NO3S/c14-18(15,16)17-10-11-6-8-13(9-7-11)12-4-2-1-3-5-12/h1-9H,10H2,(H2,14,15,16). The summed E-state index contributed by atoms with van der Waals surface area (Å²) < 4.78 is 25.8. The molecule has 2 aromatic carbocycles. The van der Waals surface area contributed by atoms with Gasteiger partial charge in [0.05, 0.1) is 6.61 Å². The fourth-order valence-corrected chi connectivity index (χ4v) is 1.87. The average Bonchev–Trinajstić information content (AvgIpc) is 2.37. The van der Waals surface area contributed by atoms with Gasteiger partial charge in [-0.15, -0.1) is 0 Å². The van der Waals surface area contributed by atoms with E-state index in [2.05, 4.69) is 4.18 Å². The predicted molar refractivity (Wildman–Crippen MR) is 69.8 cm³/mol. The van der Waals surface area contributed by atoms with Crippen LogP contribution in [-0.2, 0) is 21.1 Å². The highest BCUT2D eigenvalue weighted by Gasteiger charge is 2.03. The van der Waals surface area contributed by atoms with Crippen LogP contribution in [0, 0.1) is 0 Å². The van der Waals surface area contributed by atoms with Crippen molar-refractivity contribution in [3.63, 3.8) is 0 Å². The van der Waals surface area contributed by atoms with Crippen LogP contribution in [0.25, 0.3) is 11.1 Å². The molecule has 0 saturated heterocycles. The second-order valence-corrected chi connectivity index (χ2v) is 5.04. The Labute approximate surface area is 106 Å². The second-order valence-electron chi connectivity index (χ2n) is 3.82. The van der Waals surface area contributed by atoms with Gasteiger partial charge in [-0.25, -0.2) is 5.14 Å². The minimum absolute atomic E-state index is 0.0477. The normalized spacial score (nSPS) is 11.4. The van der Waals surface area contributed by atoms with Gasteiger partial charge in [-0.2, -0.15) is 8.42 Å². The van der Waals surface area contributed by atoms with Crippen molar-refractivity contribution >= 4 is 10.3 Å². The van der Waals surface area contributed by atoms with Crippen LogP contribution in [0.15, 0.2) is 54.6 Å². The van der Waals surface area contributed by atoms with Crippen LogP contribution in [0.1, 0.15) is 5.56 Å². The molecule has 2 rings (SSSR count). The zero-order chi connectivity index (χ0) is 13.0. The average molecular weight is 263 g/mol. The maximum absolute atomic E-state index is 10.6. The van der Waals surface area contributed by atoms with E-state index in [1.807, 2.05) is 54.6 Å². The molecule has 5 heteroatoms. The van der Waals surface area contributed by atoms with E-state index in [0.29, 0.717) is 0 Å². The van der Waals surface area contributed by atoms with Crippen molar-refractivity contribution in [3.8, 4) is 11.1 Å². The Bertz CT molecular complexity index is 606. The molecular formula is C13H13NO3S. The lowest BCUT2D eigenvalue weighted by Gasteiger charge is -2.04. The highest BCUT2D eigenvalue weighted by molar-refractivity contribution is 7.84. The summed E-state index contributed by atoms with van der Waals surface area (Å²) in [5.41, 5.74) is 2.93. The highest BCUT2D eigenvalue weighted by Crippen LogP contribution is 2.19. The van der Waals surface area contributed by atoms with Crippen LogP contribution in [-0.4, -0.2) is 8.42 Å². The fourth-order valence-electron chi connectivity index (χ4n) is 1.57. The van der Waals surface area contributed by atoms with Gasteiger partial charge in [0.2, 0.25) is 0 Å². The molecule has 0 spiro atoms. The van der Waals surface area contributed by atoms with Gasteiger partial charge in [-0.05, 0) is 16.7 Å². The van der Waals surface area contributed by atoms with E-state index in [9.17, 15) is 8.42 Å². The Morgan fingerprint density at radius 1 is 0.889 bits per heavy atom. The Morgan fingerprint density at radius 3 is 2.00 bits per heavy atom. The molecule has 18 heavy (non-hydrogen) atoms. The van der Waals surface area contributed by atoms with Gasteiger partial charge in [-0.1, -0.05) is 54.6 Å². The lowest BCUT2D eigenvalue weighted by Crippen LogP contribution is -2.15. The van der Waals surface area contributed by atoms with Crippen LogP contribution in [0.5, 0.6) is 0 Å². The third kappa shape index (κ3) is 3.66. The van der Waals surface area contributed by atoms with Crippen molar-refractivity contribution in [1.82, 2.24) is 0 Å². The summed E-state index contributed by atoms with van der Waals surface area (Å²) in [6.45, 7) is -0.0477. The number of nitrogens with two attached hydrogens (primary N) is 1. The molecule has 0 aliphatic rings. The summed E-state index contributed by atoms with van der Waals surface area (Å²) in [7, 11) is -3.88. The lowest BCUT2D eigenvalue weighted by atomic mass is 10.0. The van der Waals surface area contributed by atoms with Crippen LogP contribution in [0.4, 0.5) is 0 Å². The molecule has 0 aliphatic carbocycles. The third-order valence-corrected chi connectivity index (χ3v) is 2.90. The first kappa shape index (κ1) is 12.8.